The van der Waals surface area contributed by atoms with Gasteiger partial charge in [0.1, 0.15) is 0 Å². The second kappa shape index (κ2) is 5.40. The van der Waals surface area contributed by atoms with Crippen molar-refractivity contribution in [3.05, 3.63) is 17.5 Å². The lowest BCUT2D eigenvalue weighted by Crippen LogP contribution is -2.28. The first-order valence-corrected chi connectivity index (χ1v) is 8.21. The molecule has 2 rings (SSSR count). The summed E-state index contributed by atoms with van der Waals surface area (Å²) >= 11 is 5.76. The summed E-state index contributed by atoms with van der Waals surface area (Å²) in [6, 6.07) is 0. The molecule has 0 aliphatic carbocycles. The molecule has 0 saturated carbocycles. The highest BCUT2D eigenvalue weighted by Crippen LogP contribution is 2.15. The molecule has 1 aliphatic heterocycles. The number of halogens is 1. The zero-order valence-electron chi connectivity index (χ0n) is 10.3. The first-order chi connectivity index (χ1) is 8.52. The summed E-state index contributed by atoms with van der Waals surface area (Å²) in [5.41, 5.74) is 1.75. The fourth-order valence-electron chi connectivity index (χ4n) is 1.90. The zero-order valence-corrected chi connectivity index (χ0v) is 11.8. The molecule has 1 fully saturated rings. The Hall–Kier alpha value is -0.880. The number of alkyl halides is 1. The fraction of sp³-hybridized carbons (Fsp3) is 0.636. The van der Waals surface area contributed by atoms with Crippen molar-refractivity contribution < 1.29 is 8.42 Å². The van der Waals surface area contributed by atoms with Crippen LogP contribution < -0.4 is 4.90 Å². The molecule has 0 radical (unpaired) electrons. The maximum atomic E-state index is 11.5. The van der Waals surface area contributed by atoms with E-state index in [1.807, 2.05) is 11.8 Å². The molecule has 1 saturated heterocycles. The van der Waals surface area contributed by atoms with Crippen molar-refractivity contribution in [2.45, 2.75) is 19.2 Å². The second-order valence-electron chi connectivity index (χ2n) is 4.41. The van der Waals surface area contributed by atoms with Crippen LogP contribution in [-0.4, -0.2) is 43.0 Å². The number of anilines is 1. The van der Waals surface area contributed by atoms with Gasteiger partial charge in [0.25, 0.3) is 0 Å². The van der Waals surface area contributed by atoms with E-state index in [1.54, 1.807) is 6.20 Å². The predicted octanol–water partition coefficient (Wildman–Crippen LogP) is 1.15. The molecule has 7 heteroatoms. The van der Waals surface area contributed by atoms with Gasteiger partial charge in [0.2, 0.25) is 5.95 Å². The quantitative estimate of drug-likeness (QED) is 0.764. The van der Waals surface area contributed by atoms with Crippen LogP contribution in [0.25, 0.3) is 0 Å². The highest BCUT2D eigenvalue weighted by molar-refractivity contribution is 7.91. The molecule has 5 nitrogen and oxygen atoms in total. The average molecular weight is 290 g/mol. The fourth-order valence-corrected chi connectivity index (χ4v) is 3.44. The van der Waals surface area contributed by atoms with Crippen LogP contribution in [0.1, 0.15) is 17.7 Å². The molecule has 1 aromatic heterocycles. The van der Waals surface area contributed by atoms with Crippen molar-refractivity contribution >= 4 is 27.4 Å². The normalized spacial score (nSPS) is 19.6. The van der Waals surface area contributed by atoms with E-state index in [1.165, 1.54) is 0 Å². The molecule has 0 bridgehead atoms. The van der Waals surface area contributed by atoms with Crippen LogP contribution in [0.15, 0.2) is 6.20 Å². The SMILES string of the molecule is Cc1nc(N2CCCS(=O)(=O)CC2)ncc1CCl. The largest absolute Gasteiger partial charge is 0.340 e. The third-order valence-corrected chi connectivity index (χ3v) is 5.05. The van der Waals surface area contributed by atoms with Crippen molar-refractivity contribution in [2.24, 2.45) is 0 Å². The first-order valence-electron chi connectivity index (χ1n) is 5.86. The van der Waals surface area contributed by atoms with E-state index in [9.17, 15) is 8.42 Å². The molecule has 0 N–H and O–H groups in total. The number of aryl methyl sites for hydroxylation is 1. The van der Waals surface area contributed by atoms with Gasteiger partial charge < -0.3 is 4.90 Å². The number of nitrogens with zero attached hydrogens (tertiary/aromatic N) is 3. The van der Waals surface area contributed by atoms with Gasteiger partial charge >= 0.3 is 0 Å². The van der Waals surface area contributed by atoms with E-state index in [4.69, 9.17) is 11.6 Å². The van der Waals surface area contributed by atoms with Gasteiger partial charge in [-0.05, 0) is 13.3 Å². The Balaban J connectivity index is 2.19. The molecule has 1 aliphatic rings. The Bertz CT molecular complexity index is 533. The van der Waals surface area contributed by atoms with Crippen molar-refractivity contribution in [1.82, 2.24) is 9.97 Å². The molecule has 0 aromatic carbocycles. The van der Waals surface area contributed by atoms with Gasteiger partial charge in [-0.3, -0.25) is 0 Å². The van der Waals surface area contributed by atoms with Crippen LogP contribution in [0.4, 0.5) is 5.95 Å². The number of aromatic nitrogens is 2. The van der Waals surface area contributed by atoms with Gasteiger partial charge in [0.05, 0.1) is 17.4 Å². The summed E-state index contributed by atoms with van der Waals surface area (Å²) in [7, 11) is -2.90. The number of hydrogen-bond acceptors (Lipinski definition) is 5. The Kier molecular flexibility index (Phi) is 4.07. The molecule has 2 heterocycles. The van der Waals surface area contributed by atoms with E-state index < -0.39 is 9.84 Å². The van der Waals surface area contributed by atoms with Crippen molar-refractivity contribution in [2.75, 3.05) is 29.5 Å². The van der Waals surface area contributed by atoms with E-state index in [2.05, 4.69) is 9.97 Å². The van der Waals surface area contributed by atoms with E-state index >= 15 is 0 Å². The van der Waals surface area contributed by atoms with Crippen LogP contribution in [0.3, 0.4) is 0 Å². The molecule has 18 heavy (non-hydrogen) atoms. The lowest BCUT2D eigenvalue weighted by molar-refractivity contribution is 0.597. The highest BCUT2D eigenvalue weighted by Gasteiger charge is 2.20. The number of hydrogen-bond donors (Lipinski definition) is 0. The van der Waals surface area contributed by atoms with Gasteiger partial charge in [-0.1, -0.05) is 0 Å². The van der Waals surface area contributed by atoms with Crippen molar-refractivity contribution in [3.63, 3.8) is 0 Å². The Morgan fingerprint density at radius 3 is 2.83 bits per heavy atom. The smallest absolute Gasteiger partial charge is 0.225 e. The van der Waals surface area contributed by atoms with E-state index in [0.717, 1.165) is 11.3 Å². The Morgan fingerprint density at radius 1 is 1.39 bits per heavy atom. The van der Waals surface area contributed by atoms with Crippen LogP contribution in [0.5, 0.6) is 0 Å². The minimum Gasteiger partial charge on any atom is -0.340 e. The van der Waals surface area contributed by atoms with Gasteiger partial charge in [0, 0.05) is 30.5 Å². The molecule has 100 valence electrons. The van der Waals surface area contributed by atoms with Crippen LogP contribution >= 0.6 is 11.6 Å². The molecule has 0 atom stereocenters. The summed E-state index contributed by atoms with van der Waals surface area (Å²) in [4.78, 5) is 10.6. The van der Waals surface area contributed by atoms with E-state index in [-0.39, 0.29) is 11.5 Å². The van der Waals surface area contributed by atoms with Crippen molar-refractivity contribution in [3.8, 4) is 0 Å². The maximum Gasteiger partial charge on any atom is 0.225 e. The summed E-state index contributed by atoms with van der Waals surface area (Å²) in [6.07, 6.45) is 2.34. The third-order valence-electron chi connectivity index (χ3n) is 3.05. The minimum absolute atomic E-state index is 0.173. The number of rotatable bonds is 2. The molecule has 1 aromatic rings. The van der Waals surface area contributed by atoms with E-state index in [0.29, 0.717) is 31.3 Å². The Labute approximate surface area is 112 Å². The van der Waals surface area contributed by atoms with Gasteiger partial charge in [-0.15, -0.1) is 11.6 Å². The summed E-state index contributed by atoms with van der Waals surface area (Å²) in [6.45, 7) is 3.03. The third kappa shape index (κ3) is 3.11. The average Bonchev–Trinajstić information content (AvgIpc) is 2.50. The Morgan fingerprint density at radius 2 is 2.17 bits per heavy atom. The summed E-state index contributed by atoms with van der Waals surface area (Å²) in [5, 5.41) is 0. The standard InChI is InChI=1S/C11H16ClN3O2S/c1-9-10(7-12)8-13-11(14-9)15-3-2-5-18(16,17)6-4-15/h8H,2-7H2,1H3. The molecule has 0 unspecified atom stereocenters. The lowest BCUT2D eigenvalue weighted by Gasteiger charge is -2.20. The monoisotopic (exact) mass is 289 g/mol. The van der Waals surface area contributed by atoms with Crippen molar-refractivity contribution in [1.29, 1.82) is 0 Å². The number of sulfone groups is 1. The maximum absolute atomic E-state index is 11.5. The topological polar surface area (TPSA) is 63.2 Å². The molecule has 0 amide bonds. The lowest BCUT2D eigenvalue weighted by atomic mass is 10.3. The van der Waals surface area contributed by atoms with Crippen LogP contribution in [0.2, 0.25) is 0 Å². The first kappa shape index (κ1) is 13.5. The molecular weight excluding hydrogens is 274 g/mol. The van der Waals surface area contributed by atoms with Crippen LogP contribution in [-0.2, 0) is 15.7 Å². The molecular formula is C11H16ClN3O2S. The van der Waals surface area contributed by atoms with Gasteiger partial charge in [-0.25, -0.2) is 18.4 Å². The second-order valence-corrected chi connectivity index (χ2v) is 6.98. The van der Waals surface area contributed by atoms with Gasteiger partial charge in [0.15, 0.2) is 9.84 Å². The predicted molar refractivity (Wildman–Crippen MR) is 71.8 cm³/mol. The highest BCUT2D eigenvalue weighted by atomic mass is 35.5. The summed E-state index contributed by atoms with van der Waals surface area (Å²) in [5.74, 6) is 1.41. The van der Waals surface area contributed by atoms with Crippen LogP contribution in [0, 0.1) is 6.92 Å². The summed E-state index contributed by atoms with van der Waals surface area (Å²) < 4.78 is 23.1. The van der Waals surface area contributed by atoms with Gasteiger partial charge in [-0.2, -0.15) is 0 Å². The zero-order chi connectivity index (χ0) is 13.2. The minimum atomic E-state index is -2.90. The molecule has 0 spiro atoms.